The second kappa shape index (κ2) is 6.95. The minimum atomic E-state index is -0.162. The molecule has 1 aromatic rings. The maximum absolute atomic E-state index is 14.6. The Bertz CT molecular complexity index is 608. The first-order chi connectivity index (χ1) is 11.4. The number of rotatable bonds is 4. The van der Waals surface area contributed by atoms with Crippen molar-refractivity contribution in [3.8, 4) is 0 Å². The fraction of sp³-hybridized carbons (Fsp3) is 0.632. The summed E-state index contributed by atoms with van der Waals surface area (Å²) in [6.45, 7) is 9.10. The summed E-state index contributed by atoms with van der Waals surface area (Å²) in [5.41, 5.74) is 1.85. The number of carbonyl (C=O) groups excluding carboxylic acids is 1. The quantitative estimate of drug-likeness (QED) is 0.802. The Morgan fingerprint density at radius 1 is 1.25 bits per heavy atom. The lowest BCUT2D eigenvalue weighted by atomic mass is 9.92. The molecule has 5 heteroatoms. The summed E-state index contributed by atoms with van der Waals surface area (Å²) < 4.78 is 14.6. The van der Waals surface area contributed by atoms with Crippen molar-refractivity contribution in [2.24, 2.45) is 5.41 Å². The summed E-state index contributed by atoms with van der Waals surface area (Å²) in [7, 11) is 0. The fourth-order valence-corrected chi connectivity index (χ4v) is 4.65. The lowest BCUT2D eigenvalue weighted by Gasteiger charge is -2.31. The van der Waals surface area contributed by atoms with E-state index in [4.69, 9.17) is 0 Å². The molecule has 1 amide bonds. The van der Waals surface area contributed by atoms with E-state index in [0.717, 1.165) is 44.5 Å². The molecule has 3 rings (SSSR count). The van der Waals surface area contributed by atoms with Gasteiger partial charge < -0.3 is 9.80 Å². The highest BCUT2D eigenvalue weighted by Gasteiger charge is 2.36. The van der Waals surface area contributed by atoms with Crippen LogP contribution in [0.4, 0.5) is 10.1 Å². The summed E-state index contributed by atoms with van der Waals surface area (Å²) in [5, 5.41) is -0.0637. The van der Waals surface area contributed by atoms with Crippen molar-refractivity contribution in [2.45, 2.75) is 45.4 Å². The molecule has 1 unspecified atom stereocenters. The summed E-state index contributed by atoms with van der Waals surface area (Å²) >= 11 is 1.63. The zero-order valence-corrected chi connectivity index (χ0v) is 15.7. The van der Waals surface area contributed by atoms with Gasteiger partial charge in [-0.05, 0) is 30.7 Å². The number of halogens is 1. The lowest BCUT2D eigenvalue weighted by molar-refractivity contribution is -0.128. The number of carbonyl (C=O) groups is 1. The minimum absolute atomic E-state index is 0.0637. The Labute approximate surface area is 148 Å². The molecule has 0 saturated carbocycles. The van der Waals surface area contributed by atoms with Gasteiger partial charge in [-0.2, -0.15) is 0 Å². The zero-order valence-electron chi connectivity index (χ0n) is 14.8. The van der Waals surface area contributed by atoms with Crippen molar-refractivity contribution in [3.63, 3.8) is 0 Å². The van der Waals surface area contributed by atoms with Crippen molar-refractivity contribution in [1.82, 2.24) is 4.90 Å². The van der Waals surface area contributed by atoms with Gasteiger partial charge in [0.1, 0.15) is 11.2 Å². The largest absolute Gasteiger partial charge is 0.369 e. The molecular formula is C19H27FN2OS. The maximum Gasteiger partial charge on any atom is 0.233 e. The zero-order chi connectivity index (χ0) is 17.3. The van der Waals surface area contributed by atoms with Gasteiger partial charge in [-0.15, -0.1) is 11.8 Å². The number of hydrogen-bond donors (Lipinski definition) is 0. The third-order valence-electron chi connectivity index (χ3n) is 4.78. The molecule has 2 fully saturated rings. The highest BCUT2D eigenvalue weighted by atomic mass is 32.2. The first-order valence-corrected chi connectivity index (χ1v) is 9.86. The second-order valence-corrected chi connectivity index (χ2v) is 9.00. The van der Waals surface area contributed by atoms with Crippen LogP contribution in [0.3, 0.4) is 0 Å². The molecular weight excluding hydrogens is 323 g/mol. The molecule has 3 nitrogen and oxygen atoms in total. The molecule has 2 heterocycles. The van der Waals surface area contributed by atoms with Gasteiger partial charge in [0.2, 0.25) is 5.91 Å². The summed E-state index contributed by atoms with van der Waals surface area (Å²) in [6.07, 6.45) is 3.17. The molecule has 1 atom stereocenters. The van der Waals surface area contributed by atoms with Crippen molar-refractivity contribution in [2.75, 3.05) is 30.3 Å². The van der Waals surface area contributed by atoms with E-state index in [1.54, 1.807) is 17.8 Å². The lowest BCUT2D eigenvalue weighted by Crippen LogP contribution is -2.32. The van der Waals surface area contributed by atoms with Crippen LogP contribution in [0.25, 0.3) is 0 Å². The number of anilines is 1. The molecule has 0 N–H and O–H groups in total. The molecule has 24 heavy (non-hydrogen) atoms. The maximum atomic E-state index is 14.6. The number of nitrogens with zero attached hydrogens (tertiary/aromatic N) is 2. The van der Waals surface area contributed by atoms with Crippen LogP contribution in [0.5, 0.6) is 0 Å². The number of benzene rings is 1. The molecule has 0 aliphatic carbocycles. The fourth-order valence-electron chi connectivity index (χ4n) is 3.42. The molecule has 2 aliphatic heterocycles. The van der Waals surface area contributed by atoms with Crippen LogP contribution in [0.2, 0.25) is 0 Å². The van der Waals surface area contributed by atoms with E-state index in [1.165, 1.54) is 6.07 Å². The third-order valence-corrected chi connectivity index (χ3v) is 6.01. The van der Waals surface area contributed by atoms with Crippen molar-refractivity contribution in [3.05, 3.63) is 29.6 Å². The monoisotopic (exact) mass is 350 g/mol. The molecule has 2 saturated heterocycles. The molecule has 0 bridgehead atoms. The van der Waals surface area contributed by atoms with Crippen LogP contribution < -0.4 is 4.90 Å². The van der Waals surface area contributed by atoms with Crippen LogP contribution in [-0.4, -0.2) is 36.2 Å². The van der Waals surface area contributed by atoms with Crippen LogP contribution in [-0.2, 0) is 4.79 Å². The van der Waals surface area contributed by atoms with E-state index >= 15 is 0 Å². The van der Waals surface area contributed by atoms with Gasteiger partial charge >= 0.3 is 0 Å². The number of hydrogen-bond acceptors (Lipinski definition) is 3. The van der Waals surface area contributed by atoms with Gasteiger partial charge in [-0.1, -0.05) is 32.9 Å². The normalized spacial score (nSPS) is 21.8. The van der Waals surface area contributed by atoms with E-state index < -0.39 is 0 Å². The molecule has 0 radical (unpaired) electrons. The molecule has 132 valence electrons. The Kier molecular flexibility index (Phi) is 5.09. The van der Waals surface area contributed by atoms with E-state index in [-0.39, 0.29) is 22.5 Å². The molecule has 0 spiro atoms. The Balaban J connectivity index is 1.89. The third kappa shape index (κ3) is 3.71. The summed E-state index contributed by atoms with van der Waals surface area (Å²) in [4.78, 5) is 16.5. The predicted molar refractivity (Wildman–Crippen MR) is 98.8 cm³/mol. The van der Waals surface area contributed by atoms with Gasteiger partial charge in [0.25, 0.3) is 0 Å². The number of thioether (sulfide) groups is 1. The number of amides is 1. The smallest absolute Gasteiger partial charge is 0.233 e. The van der Waals surface area contributed by atoms with Gasteiger partial charge in [0.05, 0.1) is 11.4 Å². The van der Waals surface area contributed by atoms with E-state index in [1.807, 2.05) is 11.0 Å². The molecule has 0 aromatic heterocycles. The highest BCUT2D eigenvalue weighted by molar-refractivity contribution is 8.00. The highest BCUT2D eigenvalue weighted by Crippen LogP contribution is 2.44. The Morgan fingerprint density at radius 2 is 1.96 bits per heavy atom. The first-order valence-electron chi connectivity index (χ1n) is 8.81. The average molecular weight is 351 g/mol. The van der Waals surface area contributed by atoms with Crippen molar-refractivity contribution in [1.29, 1.82) is 0 Å². The summed E-state index contributed by atoms with van der Waals surface area (Å²) in [6, 6.07) is 5.31. The van der Waals surface area contributed by atoms with E-state index in [2.05, 4.69) is 25.7 Å². The van der Waals surface area contributed by atoms with Crippen molar-refractivity contribution >= 4 is 23.4 Å². The van der Waals surface area contributed by atoms with Gasteiger partial charge in [-0.3, -0.25) is 4.79 Å². The predicted octanol–water partition coefficient (Wildman–Crippen LogP) is 4.44. The summed E-state index contributed by atoms with van der Waals surface area (Å²) in [5.74, 6) is 0.501. The molecule has 2 aliphatic rings. The number of para-hydroxylation sites is 1. The Hall–Kier alpha value is -1.23. The molecule has 1 aromatic carbocycles. The average Bonchev–Trinajstić information content (AvgIpc) is 3.14. The van der Waals surface area contributed by atoms with Crippen molar-refractivity contribution < 1.29 is 9.18 Å². The topological polar surface area (TPSA) is 23.6 Å². The van der Waals surface area contributed by atoms with Crippen LogP contribution in [0, 0.1) is 11.2 Å². The SMILES string of the molecule is CC(C)(C)CCN1C(=O)CSC1c1cccc(F)c1N1CCCC1. The second-order valence-electron chi connectivity index (χ2n) is 7.93. The van der Waals surface area contributed by atoms with Crippen LogP contribution in [0.1, 0.15) is 51.0 Å². The van der Waals surface area contributed by atoms with E-state index in [0.29, 0.717) is 11.4 Å². The standard InChI is InChI=1S/C19H27FN2OS/c1-19(2,3)9-12-22-16(23)13-24-18(22)14-7-6-8-15(20)17(14)21-10-4-5-11-21/h6-8,18H,4-5,9-13H2,1-3H3. The van der Waals surface area contributed by atoms with Crippen LogP contribution >= 0.6 is 11.8 Å². The van der Waals surface area contributed by atoms with Gasteiger partial charge in [0, 0.05) is 25.2 Å². The van der Waals surface area contributed by atoms with Gasteiger partial charge in [0.15, 0.2) is 0 Å². The first kappa shape index (κ1) is 17.6. The Morgan fingerprint density at radius 3 is 2.62 bits per heavy atom. The minimum Gasteiger partial charge on any atom is -0.369 e. The van der Waals surface area contributed by atoms with Crippen LogP contribution in [0.15, 0.2) is 18.2 Å². The van der Waals surface area contributed by atoms with E-state index in [9.17, 15) is 9.18 Å². The van der Waals surface area contributed by atoms with Gasteiger partial charge in [-0.25, -0.2) is 4.39 Å².